The molecule has 0 aliphatic heterocycles. The lowest BCUT2D eigenvalue weighted by Gasteiger charge is -2.10. The van der Waals surface area contributed by atoms with Crippen LogP contribution in [0.1, 0.15) is 12.0 Å². The Kier molecular flexibility index (Phi) is 6.83. The monoisotopic (exact) mass is 287 g/mol. The molecule has 0 heterocycles. The van der Waals surface area contributed by atoms with Crippen LogP contribution in [0.2, 0.25) is 0 Å². The number of hydrogen-bond donors (Lipinski definition) is 1. The molecule has 5 nitrogen and oxygen atoms in total. The van der Waals surface area contributed by atoms with Crippen molar-refractivity contribution >= 4 is 9.84 Å². The zero-order valence-electron chi connectivity index (χ0n) is 11.2. The van der Waals surface area contributed by atoms with Crippen LogP contribution >= 0.6 is 0 Å². The van der Waals surface area contributed by atoms with Crippen molar-refractivity contribution in [2.45, 2.75) is 13.0 Å². The van der Waals surface area contributed by atoms with Gasteiger partial charge in [0.05, 0.1) is 24.7 Å². The van der Waals surface area contributed by atoms with Gasteiger partial charge < -0.3 is 15.2 Å². The zero-order chi connectivity index (χ0) is 14.1. The van der Waals surface area contributed by atoms with Gasteiger partial charge >= 0.3 is 0 Å². The molecule has 19 heavy (non-hydrogen) atoms. The Balaban J connectivity index is 2.35. The van der Waals surface area contributed by atoms with Crippen LogP contribution in [0.5, 0.6) is 5.75 Å². The average Bonchev–Trinajstić information content (AvgIpc) is 2.42. The minimum atomic E-state index is -3.04. The Morgan fingerprint density at radius 1 is 1.16 bits per heavy atom. The van der Waals surface area contributed by atoms with Crippen molar-refractivity contribution in [3.05, 3.63) is 29.8 Å². The Labute approximate surface area is 114 Å². The van der Waals surface area contributed by atoms with Gasteiger partial charge in [0.15, 0.2) is 9.84 Å². The van der Waals surface area contributed by atoms with Crippen LogP contribution in [0.3, 0.4) is 0 Å². The SMILES string of the molecule is COCCS(=O)(=O)CCCOc1ccccc1CN. The fourth-order valence-corrected chi connectivity index (χ4v) is 2.77. The molecule has 0 aliphatic carbocycles. The Hall–Kier alpha value is -1.11. The molecular formula is C13H21NO4S. The molecule has 0 bridgehead atoms. The minimum Gasteiger partial charge on any atom is -0.493 e. The van der Waals surface area contributed by atoms with Crippen molar-refractivity contribution in [2.24, 2.45) is 5.73 Å². The second-order valence-corrected chi connectivity index (χ2v) is 6.46. The van der Waals surface area contributed by atoms with Crippen LogP contribution in [0, 0.1) is 0 Å². The lowest BCUT2D eigenvalue weighted by Crippen LogP contribution is -2.17. The van der Waals surface area contributed by atoms with E-state index in [0.717, 1.165) is 11.3 Å². The molecule has 0 saturated heterocycles. The van der Waals surface area contributed by atoms with Crippen LogP contribution in [0.15, 0.2) is 24.3 Å². The van der Waals surface area contributed by atoms with Crippen LogP contribution in [0.25, 0.3) is 0 Å². The van der Waals surface area contributed by atoms with Gasteiger partial charge in [0, 0.05) is 19.2 Å². The van der Waals surface area contributed by atoms with Crippen molar-refractivity contribution < 1.29 is 17.9 Å². The Morgan fingerprint density at radius 2 is 1.89 bits per heavy atom. The first-order valence-corrected chi connectivity index (χ1v) is 8.01. The molecule has 0 aromatic heterocycles. The van der Waals surface area contributed by atoms with Crippen LogP contribution in [-0.4, -0.2) is 40.2 Å². The summed E-state index contributed by atoms with van der Waals surface area (Å²) in [7, 11) is -1.56. The smallest absolute Gasteiger partial charge is 0.152 e. The maximum atomic E-state index is 11.6. The maximum Gasteiger partial charge on any atom is 0.152 e. The zero-order valence-corrected chi connectivity index (χ0v) is 12.0. The van der Waals surface area contributed by atoms with Crippen LogP contribution in [0.4, 0.5) is 0 Å². The standard InChI is InChI=1S/C13H21NO4S/c1-17-8-10-19(15,16)9-4-7-18-13-6-3-2-5-12(13)11-14/h2-3,5-6H,4,7-11,14H2,1H3. The second kappa shape index (κ2) is 8.14. The van der Waals surface area contributed by atoms with Crippen molar-refractivity contribution in [3.63, 3.8) is 0 Å². The summed E-state index contributed by atoms with van der Waals surface area (Å²) in [4.78, 5) is 0. The van der Waals surface area contributed by atoms with E-state index in [0.29, 0.717) is 19.6 Å². The number of benzene rings is 1. The van der Waals surface area contributed by atoms with E-state index in [4.69, 9.17) is 15.2 Å². The molecule has 0 saturated carbocycles. The molecule has 0 radical (unpaired) electrons. The predicted octanol–water partition coefficient (Wildman–Crippen LogP) is 0.975. The molecule has 1 rings (SSSR count). The molecule has 0 unspecified atom stereocenters. The third kappa shape index (κ3) is 6.04. The van der Waals surface area contributed by atoms with Crippen LogP contribution in [-0.2, 0) is 21.1 Å². The van der Waals surface area contributed by atoms with E-state index >= 15 is 0 Å². The highest BCUT2D eigenvalue weighted by atomic mass is 32.2. The molecule has 0 atom stereocenters. The van der Waals surface area contributed by atoms with Gasteiger partial charge in [-0.3, -0.25) is 0 Å². The van der Waals surface area contributed by atoms with Gasteiger partial charge in [-0.1, -0.05) is 18.2 Å². The quantitative estimate of drug-likeness (QED) is 0.685. The van der Waals surface area contributed by atoms with E-state index in [1.807, 2.05) is 24.3 Å². The maximum absolute atomic E-state index is 11.6. The van der Waals surface area contributed by atoms with Crippen molar-refractivity contribution in [2.75, 3.05) is 31.8 Å². The van der Waals surface area contributed by atoms with E-state index in [9.17, 15) is 8.42 Å². The molecule has 2 N–H and O–H groups in total. The van der Waals surface area contributed by atoms with E-state index in [2.05, 4.69) is 0 Å². The summed E-state index contributed by atoms with van der Waals surface area (Å²) in [6, 6.07) is 7.49. The highest BCUT2D eigenvalue weighted by molar-refractivity contribution is 7.91. The first-order valence-electron chi connectivity index (χ1n) is 6.19. The number of nitrogens with two attached hydrogens (primary N) is 1. The Bertz CT molecular complexity index is 473. The fraction of sp³-hybridized carbons (Fsp3) is 0.538. The normalized spacial score (nSPS) is 11.5. The molecule has 1 aromatic rings. The third-order valence-corrected chi connectivity index (χ3v) is 4.35. The van der Waals surface area contributed by atoms with Gasteiger partial charge in [-0.25, -0.2) is 8.42 Å². The largest absolute Gasteiger partial charge is 0.493 e. The number of rotatable bonds is 9. The summed E-state index contributed by atoms with van der Waals surface area (Å²) in [6.07, 6.45) is 0.463. The average molecular weight is 287 g/mol. The molecule has 0 amide bonds. The van der Waals surface area contributed by atoms with E-state index < -0.39 is 9.84 Å². The summed E-state index contributed by atoms with van der Waals surface area (Å²) in [5.41, 5.74) is 6.51. The molecule has 0 spiro atoms. The number of ether oxygens (including phenoxy) is 2. The highest BCUT2D eigenvalue weighted by Gasteiger charge is 2.10. The van der Waals surface area contributed by atoms with Crippen molar-refractivity contribution in [3.8, 4) is 5.75 Å². The van der Waals surface area contributed by atoms with Crippen molar-refractivity contribution in [1.82, 2.24) is 0 Å². The third-order valence-electron chi connectivity index (χ3n) is 2.65. The molecule has 108 valence electrons. The highest BCUT2D eigenvalue weighted by Crippen LogP contribution is 2.17. The van der Waals surface area contributed by atoms with E-state index in [-0.39, 0.29) is 18.1 Å². The Morgan fingerprint density at radius 3 is 2.58 bits per heavy atom. The minimum absolute atomic E-state index is 0.0584. The molecule has 0 fully saturated rings. The van der Waals surface area contributed by atoms with Gasteiger partial charge in [-0.2, -0.15) is 0 Å². The number of para-hydroxylation sites is 1. The molecule has 6 heteroatoms. The first kappa shape index (κ1) is 15.9. The van der Waals surface area contributed by atoms with Gasteiger partial charge in [0.25, 0.3) is 0 Å². The lowest BCUT2D eigenvalue weighted by atomic mass is 10.2. The molecule has 1 aromatic carbocycles. The summed E-state index contributed by atoms with van der Waals surface area (Å²) in [5.74, 6) is 0.892. The number of sulfone groups is 1. The summed E-state index contributed by atoms with van der Waals surface area (Å²) in [5, 5.41) is 0. The van der Waals surface area contributed by atoms with Gasteiger partial charge in [0.2, 0.25) is 0 Å². The first-order chi connectivity index (χ1) is 9.09. The lowest BCUT2D eigenvalue weighted by molar-refractivity contribution is 0.217. The van der Waals surface area contributed by atoms with E-state index in [1.54, 1.807) is 0 Å². The van der Waals surface area contributed by atoms with Crippen LogP contribution < -0.4 is 10.5 Å². The van der Waals surface area contributed by atoms with Crippen molar-refractivity contribution in [1.29, 1.82) is 0 Å². The predicted molar refractivity (Wildman–Crippen MR) is 75.0 cm³/mol. The fourth-order valence-electron chi connectivity index (χ4n) is 1.59. The molecule has 0 aliphatic rings. The topological polar surface area (TPSA) is 78.6 Å². The molecular weight excluding hydrogens is 266 g/mol. The summed E-state index contributed by atoms with van der Waals surface area (Å²) < 4.78 is 33.4. The summed E-state index contributed by atoms with van der Waals surface area (Å²) >= 11 is 0. The van der Waals surface area contributed by atoms with Gasteiger partial charge in [-0.05, 0) is 12.5 Å². The number of hydrogen-bond acceptors (Lipinski definition) is 5. The van der Waals surface area contributed by atoms with Gasteiger partial charge in [0.1, 0.15) is 5.75 Å². The van der Waals surface area contributed by atoms with Gasteiger partial charge in [-0.15, -0.1) is 0 Å². The number of methoxy groups -OCH3 is 1. The second-order valence-electron chi connectivity index (χ2n) is 4.16. The van der Waals surface area contributed by atoms with E-state index in [1.165, 1.54) is 7.11 Å². The summed E-state index contributed by atoms with van der Waals surface area (Å²) in [6.45, 7) is 1.00.